The molecule has 120 valence electrons. The van der Waals surface area contributed by atoms with Gasteiger partial charge in [0, 0.05) is 31.0 Å². The van der Waals surface area contributed by atoms with Gasteiger partial charge in [-0.3, -0.25) is 9.59 Å². The molecule has 1 atom stereocenters. The van der Waals surface area contributed by atoms with Gasteiger partial charge >= 0.3 is 0 Å². The molecule has 1 aliphatic carbocycles. The van der Waals surface area contributed by atoms with Crippen LogP contribution in [0.5, 0.6) is 0 Å². The second-order valence-corrected chi connectivity index (χ2v) is 6.05. The average molecular weight is 323 g/mol. The van der Waals surface area contributed by atoms with E-state index in [0.717, 1.165) is 24.8 Å². The van der Waals surface area contributed by atoms with Crippen molar-refractivity contribution in [1.29, 1.82) is 0 Å². The van der Waals surface area contributed by atoms with Crippen LogP contribution < -0.4 is 10.6 Å². The van der Waals surface area contributed by atoms with Crippen LogP contribution >= 0.6 is 11.6 Å². The molecule has 0 heterocycles. The molecule has 4 nitrogen and oxygen atoms in total. The minimum Gasteiger partial charge on any atom is -0.356 e. The van der Waals surface area contributed by atoms with E-state index in [1.54, 1.807) is 0 Å². The van der Waals surface area contributed by atoms with E-state index >= 15 is 0 Å². The Hall–Kier alpha value is -1.39. The fourth-order valence-electron chi connectivity index (χ4n) is 3.08. The first-order valence-electron chi connectivity index (χ1n) is 7.90. The molecule has 0 radical (unpaired) electrons. The van der Waals surface area contributed by atoms with Crippen molar-refractivity contribution in [2.75, 3.05) is 13.1 Å². The van der Waals surface area contributed by atoms with E-state index in [1.807, 2.05) is 31.2 Å². The van der Waals surface area contributed by atoms with Crippen LogP contribution in [0.4, 0.5) is 0 Å². The predicted molar refractivity (Wildman–Crippen MR) is 87.9 cm³/mol. The molecule has 22 heavy (non-hydrogen) atoms. The Kier molecular flexibility index (Phi) is 5.98. The average Bonchev–Trinajstić information content (AvgIpc) is 2.50. The maximum absolute atomic E-state index is 12.6. The monoisotopic (exact) mass is 322 g/mol. The lowest BCUT2D eigenvalue weighted by Crippen LogP contribution is -2.52. The number of nitrogens with one attached hydrogen (secondary N) is 2. The van der Waals surface area contributed by atoms with E-state index in [2.05, 4.69) is 10.6 Å². The first-order chi connectivity index (χ1) is 10.6. The molecule has 0 saturated heterocycles. The summed E-state index contributed by atoms with van der Waals surface area (Å²) in [5.74, 6) is 0.162. The normalized spacial score (nSPS) is 21.6. The van der Waals surface area contributed by atoms with E-state index in [1.165, 1.54) is 0 Å². The van der Waals surface area contributed by atoms with Gasteiger partial charge in [0.15, 0.2) is 5.78 Å². The highest BCUT2D eigenvalue weighted by atomic mass is 35.5. The van der Waals surface area contributed by atoms with E-state index in [-0.39, 0.29) is 11.7 Å². The van der Waals surface area contributed by atoms with Gasteiger partial charge in [0.2, 0.25) is 5.91 Å². The number of carbonyl (C=O) groups is 2. The number of hydrogen-bond acceptors (Lipinski definition) is 3. The van der Waals surface area contributed by atoms with E-state index in [9.17, 15) is 9.59 Å². The lowest BCUT2D eigenvalue weighted by atomic mass is 9.75. The van der Waals surface area contributed by atoms with Crippen molar-refractivity contribution < 1.29 is 9.59 Å². The highest BCUT2D eigenvalue weighted by molar-refractivity contribution is 6.31. The number of hydrogen-bond donors (Lipinski definition) is 2. The number of rotatable bonds is 6. The van der Waals surface area contributed by atoms with Crippen LogP contribution in [0, 0.1) is 0 Å². The molecule has 0 aromatic heterocycles. The molecule has 0 bridgehead atoms. The summed E-state index contributed by atoms with van der Waals surface area (Å²) in [7, 11) is 0. The van der Waals surface area contributed by atoms with Crippen LogP contribution in [0.3, 0.4) is 0 Å². The summed E-state index contributed by atoms with van der Waals surface area (Å²) in [6, 6.07) is 7.48. The fraction of sp³-hybridized carbons (Fsp3) is 0.529. The highest BCUT2D eigenvalue weighted by Gasteiger charge is 2.42. The molecular weight excluding hydrogens is 300 g/mol. The van der Waals surface area contributed by atoms with Crippen molar-refractivity contribution >= 4 is 23.3 Å². The summed E-state index contributed by atoms with van der Waals surface area (Å²) in [5, 5.41) is 6.70. The summed E-state index contributed by atoms with van der Waals surface area (Å²) >= 11 is 6.33. The third-order valence-electron chi connectivity index (χ3n) is 4.17. The minimum absolute atomic E-state index is 0.00688. The largest absolute Gasteiger partial charge is 0.356 e. The SMILES string of the molecule is CCNC(=O)CCNC1(c2ccccc2Cl)CCCCC1=O. The number of amides is 1. The summed E-state index contributed by atoms with van der Waals surface area (Å²) in [6.45, 7) is 2.97. The Balaban J connectivity index is 2.18. The predicted octanol–water partition coefficient (Wildman–Crippen LogP) is 2.79. The Labute approximate surface area is 136 Å². The van der Waals surface area contributed by atoms with Crippen molar-refractivity contribution in [3.63, 3.8) is 0 Å². The van der Waals surface area contributed by atoms with Gasteiger partial charge in [-0.05, 0) is 31.4 Å². The number of carbonyl (C=O) groups excluding carboxylic acids is 2. The van der Waals surface area contributed by atoms with E-state index in [4.69, 9.17) is 11.6 Å². The van der Waals surface area contributed by atoms with Crippen LogP contribution in [0.1, 0.15) is 44.6 Å². The number of halogens is 1. The Bertz CT molecular complexity index is 547. The molecular formula is C17H23ClN2O2. The zero-order valence-corrected chi connectivity index (χ0v) is 13.7. The molecule has 1 aromatic carbocycles. The van der Waals surface area contributed by atoms with Gasteiger partial charge in [0.1, 0.15) is 5.54 Å². The van der Waals surface area contributed by atoms with Crippen LogP contribution in [-0.2, 0) is 15.1 Å². The van der Waals surface area contributed by atoms with Gasteiger partial charge in [-0.15, -0.1) is 0 Å². The van der Waals surface area contributed by atoms with Crippen LogP contribution in [-0.4, -0.2) is 24.8 Å². The molecule has 1 aliphatic rings. The highest BCUT2D eigenvalue weighted by Crippen LogP contribution is 2.37. The summed E-state index contributed by atoms with van der Waals surface area (Å²) in [5.41, 5.74) is 0.0839. The lowest BCUT2D eigenvalue weighted by molar-refractivity contribution is -0.128. The van der Waals surface area contributed by atoms with E-state index < -0.39 is 5.54 Å². The number of benzene rings is 1. The Morgan fingerprint density at radius 2 is 2.09 bits per heavy atom. The van der Waals surface area contributed by atoms with Gasteiger partial charge in [-0.25, -0.2) is 0 Å². The van der Waals surface area contributed by atoms with Crippen molar-refractivity contribution in [2.45, 2.75) is 44.6 Å². The molecule has 0 aliphatic heterocycles. The number of Topliss-reactive ketones (excluding diaryl/α,β-unsaturated/α-hetero) is 1. The van der Waals surface area contributed by atoms with Gasteiger partial charge in [-0.2, -0.15) is 0 Å². The summed E-state index contributed by atoms with van der Waals surface area (Å²) < 4.78 is 0. The topological polar surface area (TPSA) is 58.2 Å². The second-order valence-electron chi connectivity index (χ2n) is 5.65. The minimum atomic E-state index is -0.747. The molecule has 1 aromatic rings. The van der Waals surface area contributed by atoms with E-state index in [0.29, 0.717) is 31.0 Å². The van der Waals surface area contributed by atoms with Crippen molar-refractivity contribution in [2.24, 2.45) is 0 Å². The molecule has 1 unspecified atom stereocenters. The first kappa shape index (κ1) is 17.0. The van der Waals surface area contributed by atoms with Crippen LogP contribution in [0.15, 0.2) is 24.3 Å². The maximum atomic E-state index is 12.6. The molecule has 2 N–H and O–H groups in total. The van der Waals surface area contributed by atoms with Crippen molar-refractivity contribution in [3.8, 4) is 0 Å². The third kappa shape index (κ3) is 3.68. The molecule has 1 saturated carbocycles. The summed E-state index contributed by atoms with van der Waals surface area (Å²) in [6.07, 6.45) is 3.53. The molecule has 2 rings (SSSR count). The molecule has 1 amide bonds. The van der Waals surface area contributed by atoms with Crippen molar-refractivity contribution in [3.05, 3.63) is 34.9 Å². The molecule has 1 fully saturated rings. The maximum Gasteiger partial charge on any atom is 0.221 e. The molecule has 5 heteroatoms. The molecule has 0 spiro atoms. The zero-order chi connectivity index (χ0) is 16.0. The standard InChI is InChI=1S/C17H23ClN2O2/c1-2-19-16(22)10-12-20-17(11-6-5-9-15(17)21)13-7-3-4-8-14(13)18/h3-4,7-8,20H,2,5-6,9-12H2,1H3,(H,19,22). The second kappa shape index (κ2) is 7.75. The first-order valence-corrected chi connectivity index (χ1v) is 8.28. The third-order valence-corrected chi connectivity index (χ3v) is 4.50. The quantitative estimate of drug-likeness (QED) is 0.846. The fourth-order valence-corrected chi connectivity index (χ4v) is 3.37. The van der Waals surface area contributed by atoms with Crippen molar-refractivity contribution in [1.82, 2.24) is 10.6 Å². The summed E-state index contributed by atoms with van der Waals surface area (Å²) in [4.78, 5) is 24.3. The smallest absolute Gasteiger partial charge is 0.221 e. The Morgan fingerprint density at radius 3 is 2.77 bits per heavy atom. The Morgan fingerprint density at radius 1 is 1.32 bits per heavy atom. The number of ketones is 1. The lowest BCUT2D eigenvalue weighted by Gasteiger charge is -2.37. The zero-order valence-electron chi connectivity index (χ0n) is 13.0. The van der Waals surface area contributed by atoms with Gasteiger partial charge < -0.3 is 10.6 Å². The van der Waals surface area contributed by atoms with Gasteiger partial charge in [0.25, 0.3) is 0 Å². The van der Waals surface area contributed by atoms with Crippen LogP contribution in [0.25, 0.3) is 0 Å². The van der Waals surface area contributed by atoms with Gasteiger partial charge in [0.05, 0.1) is 0 Å². The van der Waals surface area contributed by atoms with Gasteiger partial charge in [-0.1, -0.05) is 36.2 Å². The van der Waals surface area contributed by atoms with Crippen LogP contribution in [0.2, 0.25) is 5.02 Å².